The highest BCUT2D eigenvalue weighted by Crippen LogP contribution is 2.32. The van der Waals surface area contributed by atoms with Crippen LogP contribution >= 0.6 is 0 Å². The minimum absolute atomic E-state index is 0.414. The molecule has 0 fully saturated rings. The van der Waals surface area contributed by atoms with Gasteiger partial charge < -0.3 is 14.6 Å². The van der Waals surface area contributed by atoms with Crippen molar-refractivity contribution in [2.75, 3.05) is 6.61 Å². The molecule has 4 nitrogen and oxygen atoms in total. The molecule has 104 valence electrons. The molecule has 0 aromatic heterocycles. The minimum atomic E-state index is -0.918. The smallest absolute Gasteiger partial charge is 0.345 e. The van der Waals surface area contributed by atoms with E-state index in [9.17, 15) is 4.79 Å². The monoisotopic (exact) mass is 264 g/mol. The second-order valence-corrected chi connectivity index (χ2v) is 4.83. The molecule has 0 saturated carbocycles. The van der Waals surface area contributed by atoms with Gasteiger partial charge in [-0.2, -0.15) is 0 Å². The van der Waals surface area contributed by atoms with Gasteiger partial charge in [0.2, 0.25) is 0 Å². The molecule has 1 atom stereocenters. The number of carboxylic acids is 1. The Labute approximate surface area is 113 Å². The van der Waals surface area contributed by atoms with Crippen LogP contribution in [0.1, 0.15) is 38.2 Å². The van der Waals surface area contributed by atoms with Crippen molar-refractivity contribution >= 4 is 5.97 Å². The third-order valence-corrected chi connectivity index (χ3v) is 3.25. The first-order valence-electron chi connectivity index (χ1n) is 6.86. The van der Waals surface area contributed by atoms with Gasteiger partial charge in [-0.15, -0.1) is 0 Å². The number of fused-ring (bicyclic) bond motifs is 1. The molecule has 1 aliphatic heterocycles. The molecule has 19 heavy (non-hydrogen) atoms. The van der Waals surface area contributed by atoms with E-state index in [4.69, 9.17) is 14.6 Å². The number of carboxylic acid groups (broad SMARTS) is 1. The van der Waals surface area contributed by atoms with Gasteiger partial charge in [0.05, 0.1) is 6.61 Å². The van der Waals surface area contributed by atoms with Crippen LogP contribution in [0.3, 0.4) is 0 Å². The van der Waals surface area contributed by atoms with Crippen molar-refractivity contribution in [1.29, 1.82) is 0 Å². The first-order valence-corrected chi connectivity index (χ1v) is 6.86. The van der Waals surface area contributed by atoms with Gasteiger partial charge in [0.1, 0.15) is 11.5 Å². The summed E-state index contributed by atoms with van der Waals surface area (Å²) in [7, 11) is 0. The van der Waals surface area contributed by atoms with Crippen LogP contribution in [-0.2, 0) is 11.2 Å². The maximum absolute atomic E-state index is 10.9. The summed E-state index contributed by atoms with van der Waals surface area (Å²) < 4.78 is 11.0. The molecule has 2 rings (SSSR count). The Morgan fingerprint density at radius 3 is 3.00 bits per heavy atom. The van der Waals surface area contributed by atoms with E-state index < -0.39 is 12.1 Å². The van der Waals surface area contributed by atoms with Crippen molar-refractivity contribution in [2.45, 2.75) is 45.1 Å². The maximum Gasteiger partial charge on any atom is 0.345 e. The van der Waals surface area contributed by atoms with Crippen molar-refractivity contribution in [1.82, 2.24) is 0 Å². The van der Waals surface area contributed by atoms with Gasteiger partial charge in [0, 0.05) is 12.0 Å². The summed E-state index contributed by atoms with van der Waals surface area (Å²) in [6, 6.07) is 5.51. The molecule has 1 N–H and O–H groups in total. The SMILES string of the molecule is CCCCCCOc1ccc2c(c1)CC(C(=O)O)O2. The van der Waals surface area contributed by atoms with Crippen LogP contribution in [0, 0.1) is 0 Å². The van der Waals surface area contributed by atoms with Gasteiger partial charge in [-0.05, 0) is 24.6 Å². The molecule has 0 saturated heterocycles. The van der Waals surface area contributed by atoms with E-state index in [1.165, 1.54) is 19.3 Å². The largest absolute Gasteiger partial charge is 0.494 e. The Hall–Kier alpha value is -1.71. The predicted molar refractivity (Wildman–Crippen MR) is 71.8 cm³/mol. The second-order valence-electron chi connectivity index (χ2n) is 4.83. The minimum Gasteiger partial charge on any atom is -0.494 e. The molecular weight excluding hydrogens is 244 g/mol. The Morgan fingerprint density at radius 2 is 2.26 bits per heavy atom. The number of hydrogen-bond donors (Lipinski definition) is 1. The Kier molecular flexibility index (Phi) is 4.66. The van der Waals surface area contributed by atoms with E-state index in [0.29, 0.717) is 18.8 Å². The number of rotatable bonds is 7. The van der Waals surface area contributed by atoms with E-state index in [1.807, 2.05) is 12.1 Å². The summed E-state index contributed by atoms with van der Waals surface area (Å²) in [4.78, 5) is 10.9. The fourth-order valence-corrected chi connectivity index (χ4v) is 2.17. The highest BCUT2D eigenvalue weighted by atomic mass is 16.5. The van der Waals surface area contributed by atoms with Gasteiger partial charge >= 0.3 is 5.97 Å². The summed E-state index contributed by atoms with van der Waals surface area (Å²) in [5.41, 5.74) is 0.915. The molecular formula is C15H20O4. The van der Waals surface area contributed by atoms with Crippen molar-refractivity contribution in [3.63, 3.8) is 0 Å². The lowest BCUT2D eigenvalue weighted by atomic mass is 10.1. The normalized spacial score (nSPS) is 16.8. The fraction of sp³-hybridized carbons (Fsp3) is 0.533. The van der Waals surface area contributed by atoms with Crippen LogP contribution in [0.15, 0.2) is 18.2 Å². The van der Waals surface area contributed by atoms with Gasteiger partial charge in [-0.3, -0.25) is 0 Å². The maximum atomic E-state index is 10.9. The zero-order valence-corrected chi connectivity index (χ0v) is 11.2. The third kappa shape index (κ3) is 3.63. The fourth-order valence-electron chi connectivity index (χ4n) is 2.17. The first-order chi connectivity index (χ1) is 9.20. The average molecular weight is 264 g/mol. The number of benzene rings is 1. The molecule has 1 aromatic rings. The lowest BCUT2D eigenvalue weighted by Crippen LogP contribution is -2.24. The van der Waals surface area contributed by atoms with Crippen molar-refractivity contribution in [3.05, 3.63) is 23.8 Å². The summed E-state index contributed by atoms with van der Waals surface area (Å²) in [6.07, 6.45) is 4.35. The number of unbranched alkanes of at least 4 members (excludes halogenated alkanes) is 3. The van der Waals surface area contributed by atoms with Crippen molar-refractivity contribution in [2.24, 2.45) is 0 Å². The summed E-state index contributed by atoms with van der Waals surface area (Å²) in [5, 5.41) is 8.92. The number of aliphatic carboxylic acids is 1. The highest BCUT2D eigenvalue weighted by molar-refractivity contribution is 5.74. The van der Waals surface area contributed by atoms with Crippen LogP contribution in [-0.4, -0.2) is 23.8 Å². The Balaban J connectivity index is 1.85. The molecule has 0 amide bonds. The molecule has 0 bridgehead atoms. The van der Waals surface area contributed by atoms with Crippen LogP contribution in [0.4, 0.5) is 0 Å². The molecule has 0 spiro atoms. The number of ether oxygens (including phenoxy) is 2. The lowest BCUT2D eigenvalue weighted by Gasteiger charge is -2.07. The standard InChI is InChI=1S/C15H20O4/c1-2-3-4-5-8-18-12-6-7-13-11(9-12)10-14(19-13)15(16)17/h6-7,9,14H,2-5,8,10H2,1H3,(H,16,17). The van der Waals surface area contributed by atoms with Crippen LogP contribution in [0.5, 0.6) is 11.5 Å². The lowest BCUT2D eigenvalue weighted by molar-refractivity contribution is -0.144. The quantitative estimate of drug-likeness (QED) is 0.769. The van der Waals surface area contributed by atoms with E-state index in [1.54, 1.807) is 6.07 Å². The Bertz CT molecular complexity index is 442. The Morgan fingerprint density at radius 1 is 1.42 bits per heavy atom. The second kappa shape index (κ2) is 6.45. The number of carbonyl (C=O) groups is 1. The topological polar surface area (TPSA) is 55.8 Å². The van der Waals surface area contributed by atoms with Crippen LogP contribution < -0.4 is 9.47 Å². The zero-order valence-electron chi connectivity index (χ0n) is 11.2. The van der Waals surface area contributed by atoms with E-state index in [-0.39, 0.29) is 0 Å². The van der Waals surface area contributed by atoms with Gasteiger partial charge in [0.25, 0.3) is 0 Å². The predicted octanol–water partition coefficient (Wildman–Crippen LogP) is 3.03. The molecule has 4 heteroatoms. The molecule has 0 aliphatic carbocycles. The zero-order chi connectivity index (χ0) is 13.7. The third-order valence-electron chi connectivity index (χ3n) is 3.25. The van der Waals surface area contributed by atoms with E-state index in [0.717, 1.165) is 17.7 Å². The summed E-state index contributed by atoms with van der Waals surface area (Å²) >= 11 is 0. The number of hydrogen-bond acceptors (Lipinski definition) is 3. The summed E-state index contributed by atoms with van der Waals surface area (Å²) in [6.45, 7) is 2.89. The molecule has 1 aromatic carbocycles. The molecule has 0 radical (unpaired) electrons. The highest BCUT2D eigenvalue weighted by Gasteiger charge is 2.28. The average Bonchev–Trinajstić information content (AvgIpc) is 2.82. The van der Waals surface area contributed by atoms with E-state index in [2.05, 4.69) is 6.92 Å². The molecule has 1 aliphatic rings. The van der Waals surface area contributed by atoms with Gasteiger partial charge in [0.15, 0.2) is 6.10 Å². The summed E-state index contributed by atoms with van der Waals surface area (Å²) in [5.74, 6) is 0.536. The van der Waals surface area contributed by atoms with Crippen LogP contribution in [0.2, 0.25) is 0 Å². The van der Waals surface area contributed by atoms with Gasteiger partial charge in [-0.1, -0.05) is 26.2 Å². The molecule has 1 unspecified atom stereocenters. The van der Waals surface area contributed by atoms with E-state index >= 15 is 0 Å². The van der Waals surface area contributed by atoms with Gasteiger partial charge in [-0.25, -0.2) is 4.79 Å². The molecule has 1 heterocycles. The van der Waals surface area contributed by atoms with Crippen molar-refractivity contribution in [3.8, 4) is 11.5 Å². The van der Waals surface area contributed by atoms with Crippen molar-refractivity contribution < 1.29 is 19.4 Å². The first kappa shape index (κ1) is 13.7. The van der Waals surface area contributed by atoms with Crippen LogP contribution in [0.25, 0.3) is 0 Å².